The number of likely N-dealkylation sites (N-methyl/N-ethyl adjacent to an activating group) is 1. The second kappa shape index (κ2) is 10.6. The van der Waals surface area contributed by atoms with E-state index in [9.17, 15) is 19.1 Å². The van der Waals surface area contributed by atoms with Crippen LogP contribution in [0.5, 0.6) is 5.75 Å². The van der Waals surface area contributed by atoms with Crippen molar-refractivity contribution in [3.05, 3.63) is 71.0 Å². The molecule has 0 radical (unpaired) electrons. The Balaban J connectivity index is 2.05. The van der Waals surface area contributed by atoms with E-state index in [0.717, 1.165) is 6.42 Å². The fourth-order valence-electron chi connectivity index (χ4n) is 3.72. The minimum absolute atomic E-state index is 0.00954. The monoisotopic (exact) mass is 454 g/mol. The van der Waals surface area contributed by atoms with Crippen LogP contribution in [-0.4, -0.2) is 60.4 Å². The lowest BCUT2D eigenvalue weighted by molar-refractivity contribution is -0.140. The molecule has 1 saturated heterocycles. The van der Waals surface area contributed by atoms with Gasteiger partial charge in [0.2, 0.25) is 0 Å². The van der Waals surface area contributed by atoms with Crippen LogP contribution in [-0.2, 0) is 9.59 Å². The Kier molecular flexibility index (Phi) is 7.87. The summed E-state index contributed by atoms with van der Waals surface area (Å²) >= 11 is 0. The van der Waals surface area contributed by atoms with Gasteiger partial charge >= 0.3 is 0 Å². The summed E-state index contributed by atoms with van der Waals surface area (Å²) in [4.78, 5) is 29.4. The molecule has 1 aliphatic rings. The second-order valence-electron chi connectivity index (χ2n) is 8.91. The average molecular weight is 455 g/mol. The van der Waals surface area contributed by atoms with E-state index in [1.54, 1.807) is 6.07 Å². The Morgan fingerprint density at radius 1 is 1.15 bits per heavy atom. The number of amides is 1. The van der Waals surface area contributed by atoms with Crippen LogP contribution in [0.3, 0.4) is 0 Å². The maximum atomic E-state index is 13.4. The summed E-state index contributed by atoms with van der Waals surface area (Å²) in [7, 11) is 3.76. The normalized spacial score (nSPS) is 17.9. The van der Waals surface area contributed by atoms with E-state index in [-0.39, 0.29) is 16.9 Å². The summed E-state index contributed by atoms with van der Waals surface area (Å²) in [5.41, 5.74) is 0.930. The van der Waals surface area contributed by atoms with Crippen LogP contribution in [0.2, 0.25) is 0 Å². The Morgan fingerprint density at radius 2 is 1.85 bits per heavy atom. The molecule has 0 aromatic heterocycles. The zero-order valence-electron chi connectivity index (χ0n) is 19.5. The fraction of sp³-hybridized carbons (Fsp3) is 0.385. The molecule has 1 heterocycles. The van der Waals surface area contributed by atoms with Gasteiger partial charge in [0, 0.05) is 18.7 Å². The maximum absolute atomic E-state index is 13.4. The summed E-state index contributed by atoms with van der Waals surface area (Å²) in [6.07, 6.45) is 0.899. The van der Waals surface area contributed by atoms with Gasteiger partial charge in [-0.1, -0.05) is 26.0 Å². The number of Topliss-reactive ketones (excluding diaryl/α,β-unsaturated/α-hetero) is 1. The molecule has 0 saturated carbocycles. The molecule has 3 rings (SSSR count). The molecule has 7 heteroatoms. The van der Waals surface area contributed by atoms with Crippen LogP contribution < -0.4 is 4.74 Å². The zero-order valence-corrected chi connectivity index (χ0v) is 19.5. The number of nitrogens with zero attached hydrogens (tertiary/aromatic N) is 2. The van der Waals surface area contributed by atoms with Gasteiger partial charge in [-0.25, -0.2) is 4.39 Å². The molecule has 0 bridgehead atoms. The van der Waals surface area contributed by atoms with E-state index >= 15 is 0 Å². The van der Waals surface area contributed by atoms with Gasteiger partial charge in [-0.3, -0.25) is 9.59 Å². The van der Waals surface area contributed by atoms with Gasteiger partial charge in [-0.2, -0.15) is 0 Å². The number of likely N-dealkylation sites (tertiary alicyclic amines) is 1. The molecule has 1 unspecified atom stereocenters. The van der Waals surface area contributed by atoms with Crippen molar-refractivity contribution in [2.24, 2.45) is 5.92 Å². The molecule has 1 N–H and O–H groups in total. The topological polar surface area (TPSA) is 70.1 Å². The van der Waals surface area contributed by atoms with Gasteiger partial charge < -0.3 is 19.6 Å². The van der Waals surface area contributed by atoms with E-state index < -0.39 is 23.5 Å². The molecule has 1 amide bonds. The van der Waals surface area contributed by atoms with Gasteiger partial charge in [0.1, 0.15) is 17.3 Å². The van der Waals surface area contributed by atoms with Crippen LogP contribution in [0, 0.1) is 11.7 Å². The molecule has 2 aromatic rings. The first-order valence-corrected chi connectivity index (χ1v) is 11.1. The minimum Gasteiger partial charge on any atom is -0.507 e. The molecule has 2 aromatic carbocycles. The number of aliphatic hydroxyl groups excluding tert-OH is 1. The predicted molar refractivity (Wildman–Crippen MR) is 125 cm³/mol. The van der Waals surface area contributed by atoms with Crippen molar-refractivity contribution in [3.63, 3.8) is 0 Å². The Morgan fingerprint density at radius 3 is 2.48 bits per heavy atom. The Hall–Kier alpha value is -3.19. The molecule has 0 aliphatic carbocycles. The summed E-state index contributed by atoms with van der Waals surface area (Å²) in [6, 6.07) is 11.7. The van der Waals surface area contributed by atoms with Crippen molar-refractivity contribution in [2.45, 2.75) is 26.3 Å². The van der Waals surface area contributed by atoms with Crippen LogP contribution >= 0.6 is 0 Å². The number of carbonyl (C=O) groups excluding carboxylic acids is 2. The number of rotatable bonds is 9. The minimum atomic E-state index is -0.774. The Bertz CT molecular complexity index is 1030. The highest BCUT2D eigenvalue weighted by atomic mass is 19.1. The number of ketones is 1. The molecule has 6 nitrogen and oxygen atoms in total. The van der Waals surface area contributed by atoms with Gasteiger partial charge in [0.15, 0.2) is 0 Å². The van der Waals surface area contributed by atoms with Crippen LogP contribution in [0.15, 0.2) is 54.1 Å². The smallest absolute Gasteiger partial charge is 0.295 e. The van der Waals surface area contributed by atoms with E-state index in [0.29, 0.717) is 36.9 Å². The predicted octanol–water partition coefficient (Wildman–Crippen LogP) is 4.23. The first-order valence-electron chi connectivity index (χ1n) is 11.1. The molecule has 1 aliphatic heterocycles. The molecule has 0 spiro atoms. The standard InChI is InChI=1S/C26H31FN2O4/c1-17(2)12-15-33-21-7-5-6-19(16-21)23-22(24(30)18-8-10-20(27)11-9-18)25(31)26(32)29(23)14-13-28(3)4/h5-11,16-17,23,30H,12-15H2,1-4H3. The van der Waals surface area contributed by atoms with Crippen molar-refractivity contribution in [1.82, 2.24) is 9.80 Å². The third-order valence-corrected chi connectivity index (χ3v) is 5.58. The van der Waals surface area contributed by atoms with Gasteiger partial charge in [0.05, 0.1) is 18.2 Å². The lowest BCUT2D eigenvalue weighted by Crippen LogP contribution is -2.35. The first kappa shape index (κ1) is 24.5. The number of aliphatic hydroxyl groups is 1. The summed E-state index contributed by atoms with van der Waals surface area (Å²) in [5.74, 6) is -1.07. The molecule has 176 valence electrons. The average Bonchev–Trinajstić information content (AvgIpc) is 3.02. The number of hydrogen-bond acceptors (Lipinski definition) is 5. The van der Waals surface area contributed by atoms with Gasteiger partial charge in [-0.05, 0) is 68.4 Å². The van der Waals surface area contributed by atoms with Crippen LogP contribution in [0.4, 0.5) is 4.39 Å². The summed E-state index contributed by atoms with van der Waals surface area (Å²) in [5, 5.41) is 11.0. The largest absolute Gasteiger partial charge is 0.507 e. The highest BCUT2D eigenvalue weighted by molar-refractivity contribution is 6.46. The zero-order chi connectivity index (χ0) is 24.1. The number of hydrogen-bond donors (Lipinski definition) is 1. The van der Waals surface area contributed by atoms with Gasteiger partial charge in [0.25, 0.3) is 11.7 Å². The SMILES string of the molecule is CC(C)CCOc1cccc(C2C(=C(O)c3ccc(F)cc3)C(=O)C(=O)N2CCN(C)C)c1. The number of carbonyl (C=O) groups is 2. The molecule has 1 atom stereocenters. The molecular weight excluding hydrogens is 423 g/mol. The van der Waals surface area contributed by atoms with Crippen molar-refractivity contribution in [1.29, 1.82) is 0 Å². The molecule has 33 heavy (non-hydrogen) atoms. The van der Waals surface area contributed by atoms with E-state index in [4.69, 9.17) is 4.74 Å². The third-order valence-electron chi connectivity index (χ3n) is 5.58. The lowest BCUT2D eigenvalue weighted by Gasteiger charge is -2.27. The number of ether oxygens (including phenoxy) is 1. The number of halogens is 1. The fourth-order valence-corrected chi connectivity index (χ4v) is 3.72. The maximum Gasteiger partial charge on any atom is 0.295 e. The van der Waals surface area contributed by atoms with Crippen LogP contribution in [0.25, 0.3) is 5.76 Å². The third kappa shape index (κ3) is 5.79. The Labute approximate surface area is 194 Å². The van der Waals surface area contributed by atoms with Crippen LogP contribution in [0.1, 0.15) is 37.4 Å². The van der Waals surface area contributed by atoms with E-state index in [1.165, 1.54) is 29.2 Å². The number of benzene rings is 2. The van der Waals surface area contributed by atoms with Gasteiger partial charge in [-0.15, -0.1) is 0 Å². The summed E-state index contributed by atoms with van der Waals surface area (Å²) in [6.45, 7) is 5.64. The first-order chi connectivity index (χ1) is 15.7. The van der Waals surface area contributed by atoms with Crippen molar-refractivity contribution in [3.8, 4) is 5.75 Å². The van der Waals surface area contributed by atoms with Crippen molar-refractivity contribution < 1.29 is 23.8 Å². The van der Waals surface area contributed by atoms with E-state index in [2.05, 4.69) is 13.8 Å². The molecule has 1 fully saturated rings. The molecular formula is C26H31FN2O4. The second-order valence-corrected chi connectivity index (χ2v) is 8.91. The lowest BCUT2D eigenvalue weighted by atomic mass is 9.95. The summed E-state index contributed by atoms with van der Waals surface area (Å²) < 4.78 is 19.3. The van der Waals surface area contributed by atoms with Crippen molar-refractivity contribution >= 4 is 17.4 Å². The highest BCUT2D eigenvalue weighted by Gasteiger charge is 2.46. The van der Waals surface area contributed by atoms with Crippen molar-refractivity contribution in [2.75, 3.05) is 33.8 Å². The highest BCUT2D eigenvalue weighted by Crippen LogP contribution is 2.40. The quantitative estimate of drug-likeness (QED) is 0.349. The van der Waals surface area contributed by atoms with E-state index in [1.807, 2.05) is 37.2 Å².